The van der Waals surface area contributed by atoms with Crippen molar-refractivity contribution in [3.05, 3.63) is 64.8 Å². The zero-order valence-electron chi connectivity index (χ0n) is 17.2. The van der Waals surface area contributed by atoms with Crippen molar-refractivity contribution in [1.82, 2.24) is 20.0 Å². The molecule has 0 aliphatic carbocycles. The summed E-state index contributed by atoms with van der Waals surface area (Å²) in [5.74, 6) is 1.46. The first-order valence-electron chi connectivity index (χ1n) is 9.91. The van der Waals surface area contributed by atoms with Crippen LogP contribution in [0, 0.1) is 12.8 Å². The molecule has 2 aromatic heterocycles. The Morgan fingerprint density at radius 2 is 2.13 bits per heavy atom. The number of aromatic nitrogens is 3. The van der Waals surface area contributed by atoms with Gasteiger partial charge >= 0.3 is 12.0 Å². The quantitative estimate of drug-likeness (QED) is 0.602. The van der Waals surface area contributed by atoms with Gasteiger partial charge in [0.2, 0.25) is 0 Å². The highest BCUT2D eigenvalue weighted by atomic mass is 35.5. The maximum Gasteiger partial charge on any atom is 0.322 e. The number of benzene rings is 1. The number of anilines is 1. The lowest BCUT2D eigenvalue weighted by Gasteiger charge is -2.33. The lowest BCUT2D eigenvalue weighted by atomic mass is 9.91. The highest BCUT2D eigenvalue weighted by Gasteiger charge is 2.25. The summed E-state index contributed by atoms with van der Waals surface area (Å²) in [5.41, 5.74) is 2.90. The number of amides is 2. The zero-order chi connectivity index (χ0) is 21.8. The molecule has 31 heavy (non-hydrogen) atoms. The number of carbonyl (C=O) groups excluding carboxylic acids is 1. The molecule has 8 nitrogen and oxygen atoms in total. The van der Waals surface area contributed by atoms with E-state index in [4.69, 9.17) is 20.9 Å². The first kappa shape index (κ1) is 20.9. The molecule has 2 amide bonds. The Morgan fingerprint density at radius 3 is 2.84 bits per heavy atom. The molecule has 1 aromatic carbocycles. The number of likely N-dealkylation sites (tertiary alicyclic amines) is 1. The van der Waals surface area contributed by atoms with Crippen molar-refractivity contribution in [2.75, 3.05) is 18.4 Å². The van der Waals surface area contributed by atoms with E-state index < -0.39 is 0 Å². The SMILES string of the molecule is Cc1oncc1NC(=O)N1CC/C(=C\c2cccc(Oc3ncc(Cl)cn3)c2)C(C)C1. The van der Waals surface area contributed by atoms with Crippen molar-refractivity contribution in [2.45, 2.75) is 20.3 Å². The average Bonchev–Trinajstić information content (AvgIpc) is 3.16. The van der Waals surface area contributed by atoms with Crippen molar-refractivity contribution in [3.63, 3.8) is 0 Å². The fourth-order valence-corrected chi connectivity index (χ4v) is 3.50. The number of carbonyl (C=O) groups is 1. The normalized spacial score (nSPS) is 17.6. The minimum absolute atomic E-state index is 0.143. The molecule has 3 heterocycles. The van der Waals surface area contributed by atoms with E-state index in [9.17, 15) is 4.79 Å². The predicted molar refractivity (Wildman–Crippen MR) is 117 cm³/mol. The second-order valence-electron chi connectivity index (χ2n) is 7.40. The Kier molecular flexibility index (Phi) is 6.18. The third-order valence-corrected chi connectivity index (χ3v) is 5.29. The second kappa shape index (κ2) is 9.18. The fraction of sp³-hybridized carbons (Fsp3) is 0.273. The van der Waals surface area contributed by atoms with Crippen molar-refractivity contribution in [1.29, 1.82) is 0 Å². The standard InChI is InChI=1S/C22H22ClN5O3/c1-14-13-28(22(29)27-20-12-26-31-15(20)2)7-6-17(14)8-16-4-3-5-19(9-16)30-21-24-10-18(23)11-25-21/h3-5,8-12,14H,6-7,13H2,1-2H3,(H,27,29)/b17-8+. The van der Waals surface area contributed by atoms with E-state index in [0.29, 0.717) is 35.3 Å². The van der Waals surface area contributed by atoms with Gasteiger partial charge < -0.3 is 19.5 Å². The number of rotatable bonds is 4. The Morgan fingerprint density at radius 1 is 1.32 bits per heavy atom. The molecular formula is C22H22ClN5O3. The van der Waals surface area contributed by atoms with E-state index in [2.05, 4.69) is 33.4 Å². The van der Waals surface area contributed by atoms with E-state index in [0.717, 1.165) is 12.0 Å². The molecule has 0 radical (unpaired) electrons. The van der Waals surface area contributed by atoms with E-state index in [-0.39, 0.29) is 18.0 Å². The summed E-state index contributed by atoms with van der Waals surface area (Å²) in [5, 5.41) is 7.00. The highest BCUT2D eigenvalue weighted by molar-refractivity contribution is 6.30. The molecule has 1 saturated heterocycles. The van der Waals surface area contributed by atoms with Gasteiger partial charge in [-0.15, -0.1) is 0 Å². The molecule has 1 atom stereocenters. The summed E-state index contributed by atoms with van der Waals surface area (Å²) < 4.78 is 10.7. The summed E-state index contributed by atoms with van der Waals surface area (Å²) in [6.45, 7) is 5.16. The number of nitrogens with zero attached hydrogens (tertiary/aromatic N) is 4. The molecule has 4 rings (SSSR count). The van der Waals surface area contributed by atoms with Crippen molar-refractivity contribution in [2.24, 2.45) is 5.92 Å². The van der Waals surface area contributed by atoms with Crippen LogP contribution in [0.1, 0.15) is 24.7 Å². The minimum atomic E-state index is -0.143. The van der Waals surface area contributed by atoms with Gasteiger partial charge in [-0.1, -0.05) is 47.5 Å². The van der Waals surface area contributed by atoms with Gasteiger partial charge in [0, 0.05) is 13.1 Å². The van der Waals surface area contributed by atoms with E-state index in [1.54, 1.807) is 6.92 Å². The molecule has 1 fully saturated rings. The summed E-state index contributed by atoms with van der Waals surface area (Å²) in [4.78, 5) is 22.5. The highest BCUT2D eigenvalue weighted by Crippen LogP contribution is 2.27. The number of piperidine rings is 1. The van der Waals surface area contributed by atoms with Gasteiger partial charge in [0.1, 0.15) is 11.4 Å². The summed E-state index contributed by atoms with van der Waals surface area (Å²) in [6.07, 6.45) is 7.44. The van der Waals surface area contributed by atoms with Crippen LogP contribution in [0.25, 0.3) is 6.08 Å². The molecule has 0 bridgehead atoms. The van der Waals surface area contributed by atoms with Crippen molar-refractivity contribution < 1.29 is 14.1 Å². The Hall–Kier alpha value is -3.39. The number of nitrogens with one attached hydrogen (secondary N) is 1. The lowest BCUT2D eigenvalue weighted by Crippen LogP contribution is -2.42. The smallest absolute Gasteiger partial charge is 0.322 e. The van der Waals surface area contributed by atoms with Crippen LogP contribution in [-0.2, 0) is 0 Å². The summed E-state index contributed by atoms with van der Waals surface area (Å²) >= 11 is 5.81. The first-order valence-corrected chi connectivity index (χ1v) is 10.3. The zero-order valence-corrected chi connectivity index (χ0v) is 18.0. The molecule has 3 aromatic rings. The molecule has 1 aliphatic heterocycles. The van der Waals surface area contributed by atoms with Crippen LogP contribution in [0.5, 0.6) is 11.8 Å². The number of hydrogen-bond acceptors (Lipinski definition) is 6. The molecule has 1 unspecified atom stereocenters. The number of urea groups is 1. The number of ether oxygens (including phenoxy) is 1. The summed E-state index contributed by atoms with van der Waals surface area (Å²) in [6, 6.07) is 7.82. The van der Waals surface area contributed by atoms with Crippen molar-refractivity contribution >= 4 is 29.4 Å². The number of halogens is 1. The lowest BCUT2D eigenvalue weighted by molar-refractivity contribution is 0.197. The van der Waals surface area contributed by atoms with E-state index in [1.165, 1.54) is 24.2 Å². The van der Waals surface area contributed by atoms with Crippen LogP contribution in [0.3, 0.4) is 0 Å². The van der Waals surface area contributed by atoms with Crippen LogP contribution in [0.15, 0.2) is 53.0 Å². The van der Waals surface area contributed by atoms with E-state index >= 15 is 0 Å². The average molecular weight is 440 g/mol. The largest absolute Gasteiger partial charge is 0.424 e. The topological polar surface area (TPSA) is 93.4 Å². The molecule has 9 heteroatoms. The third kappa shape index (κ3) is 5.21. The molecule has 1 aliphatic rings. The van der Waals surface area contributed by atoms with Gasteiger partial charge in [-0.3, -0.25) is 0 Å². The van der Waals surface area contributed by atoms with Crippen molar-refractivity contribution in [3.8, 4) is 11.8 Å². The van der Waals surface area contributed by atoms with Gasteiger partial charge in [-0.2, -0.15) is 0 Å². The maximum atomic E-state index is 12.6. The van der Waals surface area contributed by atoms with Crippen LogP contribution in [-0.4, -0.2) is 39.1 Å². The summed E-state index contributed by atoms with van der Waals surface area (Å²) in [7, 11) is 0. The minimum Gasteiger partial charge on any atom is -0.424 e. The van der Waals surface area contributed by atoms with E-state index in [1.807, 2.05) is 29.2 Å². The number of hydrogen-bond donors (Lipinski definition) is 1. The molecular weight excluding hydrogens is 418 g/mol. The molecule has 1 N–H and O–H groups in total. The predicted octanol–water partition coefficient (Wildman–Crippen LogP) is 5.18. The van der Waals surface area contributed by atoms with Gasteiger partial charge in [-0.05, 0) is 37.0 Å². The second-order valence-corrected chi connectivity index (χ2v) is 7.84. The van der Waals surface area contributed by atoms with Crippen LogP contribution in [0.4, 0.5) is 10.5 Å². The number of aryl methyl sites for hydroxylation is 1. The van der Waals surface area contributed by atoms with Gasteiger partial charge in [0.05, 0.1) is 23.6 Å². The van der Waals surface area contributed by atoms with Crippen LogP contribution in [0.2, 0.25) is 5.02 Å². The molecule has 160 valence electrons. The van der Waals surface area contributed by atoms with Gasteiger partial charge in [-0.25, -0.2) is 14.8 Å². The van der Waals surface area contributed by atoms with Gasteiger partial charge in [0.15, 0.2) is 5.76 Å². The monoisotopic (exact) mass is 439 g/mol. The Bertz CT molecular complexity index is 1100. The maximum absolute atomic E-state index is 12.6. The Balaban J connectivity index is 1.40. The van der Waals surface area contributed by atoms with Crippen LogP contribution < -0.4 is 10.1 Å². The van der Waals surface area contributed by atoms with Crippen LogP contribution >= 0.6 is 11.6 Å². The Labute approximate surface area is 184 Å². The molecule has 0 spiro atoms. The first-order chi connectivity index (χ1) is 15.0. The van der Waals surface area contributed by atoms with Gasteiger partial charge in [0.25, 0.3) is 0 Å². The molecule has 0 saturated carbocycles. The third-order valence-electron chi connectivity index (χ3n) is 5.09. The fourth-order valence-electron chi connectivity index (χ4n) is 3.40.